The molecule has 0 spiro atoms. The van der Waals surface area contributed by atoms with Gasteiger partial charge in [0, 0.05) is 11.9 Å². The molecule has 0 radical (unpaired) electrons. The molecule has 1 aliphatic carbocycles. The highest BCUT2D eigenvalue weighted by atomic mass is 79.9. The summed E-state index contributed by atoms with van der Waals surface area (Å²) >= 11 is 5.08. The highest BCUT2D eigenvalue weighted by Gasteiger charge is 2.16. The van der Waals surface area contributed by atoms with E-state index in [1.165, 1.54) is 25.7 Å². The van der Waals surface area contributed by atoms with Crippen molar-refractivity contribution in [1.82, 2.24) is 9.97 Å². The Labute approximate surface area is 109 Å². The number of thioether (sulfide) groups is 1. The van der Waals surface area contributed by atoms with Gasteiger partial charge in [-0.2, -0.15) is 4.98 Å². The van der Waals surface area contributed by atoms with Crippen LogP contribution in [0.1, 0.15) is 25.7 Å². The molecule has 1 heterocycles. The zero-order chi connectivity index (χ0) is 11.4. The molecule has 0 aromatic carbocycles. The molecule has 1 fully saturated rings. The molecule has 1 saturated carbocycles. The van der Waals surface area contributed by atoms with E-state index in [-0.39, 0.29) is 0 Å². The van der Waals surface area contributed by atoms with Crippen molar-refractivity contribution in [2.45, 2.75) is 30.8 Å². The molecule has 2 rings (SSSR count). The van der Waals surface area contributed by atoms with Crippen LogP contribution in [0.15, 0.2) is 15.8 Å². The smallest absolute Gasteiger partial charge is 0.231 e. The van der Waals surface area contributed by atoms with Gasteiger partial charge in [0.1, 0.15) is 0 Å². The maximum absolute atomic E-state index is 5.15. The van der Waals surface area contributed by atoms with E-state index in [9.17, 15) is 0 Å². The van der Waals surface area contributed by atoms with Crippen LogP contribution >= 0.6 is 27.7 Å². The van der Waals surface area contributed by atoms with E-state index in [2.05, 4.69) is 25.9 Å². The Morgan fingerprint density at radius 2 is 2.25 bits per heavy atom. The van der Waals surface area contributed by atoms with Gasteiger partial charge in [0.25, 0.3) is 0 Å². The minimum absolute atomic E-state index is 0.615. The third-order valence-electron chi connectivity index (χ3n) is 2.81. The maximum atomic E-state index is 5.15. The van der Waals surface area contributed by atoms with Crippen molar-refractivity contribution in [1.29, 1.82) is 0 Å². The quantitative estimate of drug-likeness (QED) is 0.629. The second kappa shape index (κ2) is 5.87. The number of hydrogen-bond donors (Lipinski definition) is 0. The van der Waals surface area contributed by atoms with Crippen molar-refractivity contribution in [3.63, 3.8) is 0 Å². The Hall–Kier alpha value is -0.290. The van der Waals surface area contributed by atoms with Gasteiger partial charge in [-0.3, -0.25) is 0 Å². The highest BCUT2D eigenvalue weighted by Crippen LogP contribution is 2.31. The maximum Gasteiger partial charge on any atom is 0.231 e. The Kier molecular flexibility index (Phi) is 4.46. The highest BCUT2D eigenvalue weighted by molar-refractivity contribution is 9.10. The van der Waals surface area contributed by atoms with Crippen LogP contribution in [-0.2, 0) is 0 Å². The Bertz CT molecular complexity index is 356. The first kappa shape index (κ1) is 12.2. The van der Waals surface area contributed by atoms with Crippen molar-refractivity contribution >= 4 is 27.7 Å². The van der Waals surface area contributed by atoms with Gasteiger partial charge in [0.15, 0.2) is 5.16 Å². The van der Waals surface area contributed by atoms with Crippen LogP contribution in [0.2, 0.25) is 0 Å². The predicted molar refractivity (Wildman–Crippen MR) is 69.0 cm³/mol. The van der Waals surface area contributed by atoms with Crippen LogP contribution in [0.5, 0.6) is 5.88 Å². The van der Waals surface area contributed by atoms with Crippen molar-refractivity contribution in [3.8, 4) is 5.88 Å². The van der Waals surface area contributed by atoms with Crippen LogP contribution in [0.25, 0.3) is 0 Å². The minimum Gasteiger partial charge on any atom is -0.480 e. The van der Waals surface area contributed by atoms with Crippen molar-refractivity contribution in [2.75, 3.05) is 12.9 Å². The largest absolute Gasteiger partial charge is 0.480 e. The summed E-state index contributed by atoms with van der Waals surface area (Å²) in [5, 5.41) is 0.812. The summed E-state index contributed by atoms with van der Waals surface area (Å²) in [6, 6.07) is 0. The van der Waals surface area contributed by atoms with Crippen LogP contribution in [-0.4, -0.2) is 22.8 Å². The van der Waals surface area contributed by atoms with Gasteiger partial charge in [-0.15, -0.1) is 0 Å². The van der Waals surface area contributed by atoms with Crippen LogP contribution < -0.4 is 4.74 Å². The lowest BCUT2D eigenvalue weighted by molar-refractivity contribution is 0.389. The Balaban J connectivity index is 1.93. The fraction of sp³-hybridized carbons (Fsp3) is 0.636. The van der Waals surface area contributed by atoms with Gasteiger partial charge in [-0.1, -0.05) is 24.6 Å². The molecule has 0 aliphatic heterocycles. The van der Waals surface area contributed by atoms with E-state index < -0.39 is 0 Å². The lowest BCUT2D eigenvalue weighted by Gasteiger charge is -2.08. The Morgan fingerprint density at radius 3 is 2.94 bits per heavy atom. The number of hydrogen-bond acceptors (Lipinski definition) is 4. The number of ether oxygens (including phenoxy) is 1. The number of nitrogens with zero attached hydrogens (tertiary/aromatic N) is 2. The summed E-state index contributed by atoms with van der Waals surface area (Å²) in [6.45, 7) is 0. The normalized spacial score (nSPS) is 16.6. The molecule has 16 heavy (non-hydrogen) atoms. The van der Waals surface area contributed by atoms with Gasteiger partial charge < -0.3 is 4.74 Å². The topological polar surface area (TPSA) is 35.0 Å². The van der Waals surface area contributed by atoms with Gasteiger partial charge in [0.05, 0.1) is 11.6 Å². The summed E-state index contributed by atoms with van der Waals surface area (Å²) in [5.74, 6) is 2.59. The molecular weight excluding hydrogens is 288 g/mol. The zero-order valence-electron chi connectivity index (χ0n) is 9.28. The molecule has 0 amide bonds. The first-order chi connectivity index (χ1) is 7.79. The number of aromatic nitrogens is 2. The minimum atomic E-state index is 0.615. The SMILES string of the molecule is COc1nc(SCC2CCCC2)ncc1Br. The molecular formula is C11H15BrN2OS. The molecule has 0 saturated heterocycles. The molecule has 3 nitrogen and oxygen atoms in total. The zero-order valence-corrected chi connectivity index (χ0v) is 11.7. The van der Waals surface area contributed by atoms with Crippen LogP contribution in [0.3, 0.4) is 0 Å². The molecule has 1 aromatic heterocycles. The fourth-order valence-electron chi connectivity index (χ4n) is 1.92. The van der Waals surface area contributed by atoms with Crippen molar-refractivity contribution in [3.05, 3.63) is 10.7 Å². The van der Waals surface area contributed by atoms with E-state index in [0.717, 1.165) is 21.3 Å². The lowest BCUT2D eigenvalue weighted by atomic mass is 10.1. The first-order valence-electron chi connectivity index (χ1n) is 5.49. The van der Waals surface area contributed by atoms with Gasteiger partial charge in [0.2, 0.25) is 5.88 Å². The van der Waals surface area contributed by atoms with E-state index >= 15 is 0 Å². The second-order valence-electron chi connectivity index (χ2n) is 3.97. The Morgan fingerprint density at radius 1 is 1.50 bits per heavy atom. The lowest BCUT2D eigenvalue weighted by Crippen LogP contribution is -1.99. The number of methoxy groups -OCH3 is 1. The molecule has 0 bridgehead atoms. The number of halogens is 1. The molecule has 5 heteroatoms. The summed E-state index contributed by atoms with van der Waals surface area (Å²) in [5.41, 5.74) is 0. The van der Waals surface area contributed by atoms with E-state index in [4.69, 9.17) is 4.74 Å². The average molecular weight is 303 g/mol. The monoisotopic (exact) mass is 302 g/mol. The summed E-state index contributed by atoms with van der Waals surface area (Å²) in [4.78, 5) is 8.61. The van der Waals surface area contributed by atoms with Crippen molar-refractivity contribution < 1.29 is 4.74 Å². The van der Waals surface area contributed by atoms with Crippen LogP contribution in [0, 0.1) is 5.92 Å². The third-order valence-corrected chi connectivity index (χ3v) is 4.44. The average Bonchev–Trinajstić information content (AvgIpc) is 2.81. The van der Waals surface area contributed by atoms with Gasteiger partial charge in [-0.05, 0) is 34.7 Å². The second-order valence-corrected chi connectivity index (χ2v) is 5.81. The van der Waals surface area contributed by atoms with Gasteiger partial charge in [-0.25, -0.2) is 4.98 Å². The van der Waals surface area contributed by atoms with E-state index in [0.29, 0.717) is 5.88 Å². The van der Waals surface area contributed by atoms with Crippen LogP contribution in [0.4, 0.5) is 0 Å². The van der Waals surface area contributed by atoms with E-state index in [1.807, 2.05) is 0 Å². The third kappa shape index (κ3) is 3.10. The van der Waals surface area contributed by atoms with Gasteiger partial charge >= 0.3 is 0 Å². The fourth-order valence-corrected chi connectivity index (χ4v) is 3.26. The summed E-state index contributed by atoms with van der Waals surface area (Å²) in [7, 11) is 1.62. The summed E-state index contributed by atoms with van der Waals surface area (Å²) in [6.07, 6.45) is 7.25. The summed E-state index contributed by atoms with van der Waals surface area (Å²) < 4.78 is 5.95. The molecule has 0 unspecified atom stereocenters. The molecule has 1 aliphatic rings. The molecule has 0 N–H and O–H groups in total. The predicted octanol–water partition coefficient (Wildman–Crippen LogP) is 3.53. The molecule has 0 atom stereocenters. The standard InChI is InChI=1S/C11H15BrN2OS/c1-15-10-9(12)6-13-11(14-10)16-7-8-4-2-3-5-8/h6,8H,2-5,7H2,1H3. The molecule has 88 valence electrons. The first-order valence-corrected chi connectivity index (χ1v) is 7.27. The number of rotatable bonds is 4. The van der Waals surface area contributed by atoms with E-state index in [1.54, 1.807) is 25.1 Å². The van der Waals surface area contributed by atoms with Crippen molar-refractivity contribution in [2.24, 2.45) is 5.92 Å². The molecule has 1 aromatic rings.